The molecule has 4 rings (SSSR count). The van der Waals surface area contributed by atoms with E-state index < -0.39 is 35.0 Å². The van der Waals surface area contributed by atoms with Crippen LogP contribution in [0.1, 0.15) is 41.6 Å². The lowest BCUT2D eigenvalue weighted by Gasteiger charge is -2.28. The largest absolute Gasteiger partial charge is 0.478 e. The molecule has 1 aliphatic rings. The first-order chi connectivity index (χ1) is 15.3. The van der Waals surface area contributed by atoms with Crippen LogP contribution in [-0.4, -0.2) is 42.9 Å². The number of hydrogen-bond donors (Lipinski definition) is 1. The molecule has 1 heterocycles. The topological polar surface area (TPSA) is 110 Å². The standard InChI is InChI=1S/C21H19F2N5O4/c1-12-9-10-14(11-15(12)19(29)30)26(13-5-2-3-6-13)20(31)28-21(32)27(24-25-28)18-16(22)7-4-8-17(18)23/h4,7-11,13H,2-3,5-6H2,1H3,(H,29,30). The molecule has 32 heavy (non-hydrogen) atoms. The fourth-order valence-electron chi connectivity index (χ4n) is 3.93. The van der Waals surface area contributed by atoms with Gasteiger partial charge >= 0.3 is 17.7 Å². The Balaban J connectivity index is 1.80. The maximum absolute atomic E-state index is 14.1. The van der Waals surface area contributed by atoms with E-state index in [1.165, 1.54) is 11.0 Å². The zero-order chi connectivity index (χ0) is 23.0. The van der Waals surface area contributed by atoms with E-state index in [4.69, 9.17) is 0 Å². The quantitative estimate of drug-likeness (QED) is 0.621. The number of amides is 1. The summed E-state index contributed by atoms with van der Waals surface area (Å²) in [6.45, 7) is 1.63. The summed E-state index contributed by atoms with van der Waals surface area (Å²) in [4.78, 5) is 39.1. The molecule has 1 fully saturated rings. The molecule has 0 radical (unpaired) electrons. The number of hydrogen-bond acceptors (Lipinski definition) is 5. The smallest absolute Gasteiger partial charge is 0.377 e. The second-order valence-corrected chi connectivity index (χ2v) is 7.55. The lowest BCUT2D eigenvalue weighted by molar-refractivity contribution is 0.0696. The van der Waals surface area contributed by atoms with Crippen LogP contribution in [0, 0.1) is 18.6 Å². The van der Waals surface area contributed by atoms with Crippen molar-refractivity contribution in [3.63, 3.8) is 0 Å². The number of rotatable bonds is 4. The van der Waals surface area contributed by atoms with Crippen LogP contribution in [-0.2, 0) is 0 Å². The number of halogens is 2. The van der Waals surface area contributed by atoms with Gasteiger partial charge in [-0.3, -0.25) is 4.90 Å². The number of para-hydroxylation sites is 1. The molecular weight excluding hydrogens is 424 g/mol. The van der Waals surface area contributed by atoms with Gasteiger partial charge in [0.1, 0.15) is 5.69 Å². The molecule has 1 aliphatic carbocycles. The van der Waals surface area contributed by atoms with Crippen molar-refractivity contribution in [2.75, 3.05) is 4.90 Å². The molecule has 9 nitrogen and oxygen atoms in total. The molecule has 0 saturated heterocycles. The van der Waals surface area contributed by atoms with Crippen molar-refractivity contribution in [3.8, 4) is 5.69 Å². The van der Waals surface area contributed by atoms with Crippen LogP contribution in [0.25, 0.3) is 5.69 Å². The number of carboxylic acids is 1. The van der Waals surface area contributed by atoms with Gasteiger partial charge in [0.2, 0.25) is 0 Å². The molecule has 1 saturated carbocycles. The van der Waals surface area contributed by atoms with E-state index in [1.807, 2.05) is 0 Å². The average Bonchev–Trinajstić information content (AvgIpc) is 3.40. The van der Waals surface area contributed by atoms with Crippen molar-refractivity contribution in [2.45, 2.75) is 38.6 Å². The average molecular weight is 443 g/mol. The molecule has 0 unspecified atom stereocenters. The van der Waals surface area contributed by atoms with Crippen LogP contribution in [0.4, 0.5) is 19.3 Å². The van der Waals surface area contributed by atoms with E-state index in [0.717, 1.165) is 31.0 Å². The first-order valence-electron chi connectivity index (χ1n) is 9.96. The number of carboxylic acid groups (broad SMARTS) is 1. The second kappa shape index (κ2) is 8.33. The van der Waals surface area contributed by atoms with Crippen LogP contribution in [0.2, 0.25) is 0 Å². The minimum Gasteiger partial charge on any atom is -0.478 e. The minimum atomic E-state index is -1.15. The highest BCUT2D eigenvalue weighted by atomic mass is 19.1. The number of carbonyl (C=O) groups excluding carboxylic acids is 1. The molecule has 1 amide bonds. The van der Waals surface area contributed by atoms with Gasteiger partial charge in [0.05, 0.1) is 5.56 Å². The van der Waals surface area contributed by atoms with E-state index >= 15 is 0 Å². The molecule has 3 aromatic rings. The van der Waals surface area contributed by atoms with Crippen molar-refractivity contribution >= 4 is 17.7 Å². The number of tetrazole rings is 1. The summed E-state index contributed by atoms with van der Waals surface area (Å²) in [5, 5.41) is 16.5. The Kier molecular flexibility index (Phi) is 5.56. The summed E-state index contributed by atoms with van der Waals surface area (Å²) >= 11 is 0. The maximum Gasteiger partial charge on any atom is 0.377 e. The van der Waals surface area contributed by atoms with Gasteiger partial charge in [-0.05, 0) is 60.0 Å². The zero-order valence-electron chi connectivity index (χ0n) is 17.0. The van der Waals surface area contributed by atoms with Crippen molar-refractivity contribution in [1.29, 1.82) is 0 Å². The van der Waals surface area contributed by atoms with Gasteiger partial charge in [-0.1, -0.05) is 25.0 Å². The van der Waals surface area contributed by atoms with E-state index in [1.54, 1.807) is 19.1 Å². The van der Waals surface area contributed by atoms with E-state index in [0.29, 0.717) is 27.8 Å². The van der Waals surface area contributed by atoms with E-state index in [-0.39, 0.29) is 17.3 Å². The number of carbonyl (C=O) groups is 2. The fraction of sp³-hybridized carbons (Fsp3) is 0.286. The van der Waals surface area contributed by atoms with E-state index in [9.17, 15) is 28.3 Å². The summed E-state index contributed by atoms with van der Waals surface area (Å²) in [5.74, 6) is -3.23. The number of benzene rings is 2. The van der Waals surface area contributed by atoms with Crippen molar-refractivity contribution < 1.29 is 23.5 Å². The highest BCUT2D eigenvalue weighted by Gasteiger charge is 2.32. The predicted octanol–water partition coefficient (Wildman–Crippen LogP) is 3.13. The first-order valence-corrected chi connectivity index (χ1v) is 9.96. The fourth-order valence-corrected chi connectivity index (χ4v) is 3.93. The SMILES string of the molecule is Cc1ccc(N(C(=O)n2nnn(-c3c(F)cccc3F)c2=O)C2CCCC2)cc1C(=O)O. The number of nitrogens with zero attached hydrogens (tertiary/aromatic N) is 5. The highest BCUT2D eigenvalue weighted by molar-refractivity contribution is 5.96. The monoisotopic (exact) mass is 443 g/mol. The van der Waals surface area contributed by atoms with Crippen LogP contribution >= 0.6 is 0 Å². The van der Waals surface area contributed by atoms with Crippen LogP contribution in [0.5, 0.6) is 0 Å². The highest BCUT2D eigenvalue weighted by Crippen LogP contribution is 2.30. The molecule has 1 aromatic heterocycles. The molecule has 0 aliphatic heterocycles. The zero-order valence-corrected chi connectivity index (χ0v) is 17.0. The number of anilines is 1. The molecule has 166 valence electrons. The molecule has 0 bridgehead atoms. The Morgan fingerprint density at radius 1 is 1.09 bits per heavy atom. The van der Waals surface area contributed by atoms with Gasteiger partial charge in [0.25, 0.3) is 0 Å². The van der Waals surface area contributed by atoms with Gasteiger partial charge < -0.3 is 5.11 Å². The molecule has 0 atom stereocenters. The first kappa shape index (κ1) is 21.3. The Morgan fingerprint density at radius 3 is 2.38 bits per heavy atom. The number of aromatic nitrogens is 4. The summed E-state index contributed by atoms with van der Waals surface area (Å²) in [6.07, 6.45) is 3.00. The summed E-state index contributed by atoms with van der Waals surface area (Å²) in [7, 11) is 0. The van der Waals surface area contributed by atoms with Crippen molar-refractivity contribution in [1.82, 2.24) is 19.8 Å². The Morgan fingerprint density at radius 2 is 1.75 bits per heavy atom. The summed E-state index contributed by atoms with van der Waals surface area (Å²) in [6, 6.07) is 6.38. The normalized spacial score (nSPS) is 14.0. The summed E-state index contributed by atoms with van der Waals surface area (Å²) < 4.78 is 29.1. The van der Waals surface area contributed by atoms with Crippen LogP contribution in [0.15, 0.2) is 41.2 Å². The minimum absolute atomic E-state index is 0.0164. The second-order valence-electron chi connectivity index (χ2n) is 7.55. The Hall–Kier alpha value is -3.89. The van der Waals surface area contributed by atoms with E-state index in [2.05, 4.69) is 10.4 Å². The lowest BCUT2D eigenvalue weighted by Crippen LogP contribution is -2.46. The third-order valence-corrected chi connectivity index (χ3v) is 5.54. The summed E-state index contributed by atoms with van der Waals surface area (Å²) in [5.41, 5.74) is -1.08. The van der Waals surface area contributed by atoms with Crippen molar-refractivity contribution in [3.05, 3.63) is 69.6 Å². The molecular formula is C21H19F2N5O4. The third-order valence-electron chi connectivity index (χ3n) is 5.54. The molecule has 0 spiro atoms. The van der Waals surface area contributed by atoms with Gasteiger partial charge in [0.15, 0.2) is 11.6 Å². The Labute approximate surface area is 180 Å². The van der Waals surface area contributed by atoms with Gasteiger partial charge in [0, 0.05) is 11.7 Å². The van der Waals surface area contributed by atoms with Gasteiger partial charge in [-0.15, -0.1) is 4.68 Å². The third kappa shape index (κ3) is 3.66. The van der Waals surface area contributed by atoms with Gasteiger partial charge in [-0.2, -0.15) is 4.68 Å². The molecule has 2 aromatic carbocycles. The van der Waals surface area contributed by atoms with Crippen LogP contribution in [0.3, 0.4) is 0 Å². The Bertz CT molecular complexity index is 1240. The predicted molar refractivity (Wildman–Crippen MR) is 109 cm³/mol. The number of aryl methyl sites for hydroxylation is 1. The maximum atomic E-state index is 14.1. The molecule has 11 heteroatoms. The number of aromatic carboxylic acids is 1. The van der Waals surface area contributed by atoms with Crippen LogP contribution < -0.4 is 10.6 Å². The lowest BCUT2D eigenvalue weighted by atomic mass is 10.1. The van der Waals surface area contributed by atoms with Crippen molar-refractivity contribution in [2.24, 2.45) is 0 Å². The molecule has 1 N–H and O–H groups in total. The van der Waals surface area contributed by atoms with Gasteiger partial charge in [-0.25, -0.2) is 23.2 Å².